The van der Waals surface area contributed by atoms with Crippen LogP contribution in [-0.4, -0.2) is 49.1 Å². The van der Waals surface area contributed by atoms with Gasteiger partial charge in [0, 0.05) is 37.5 Å². The number of hydrogen-bond acceptors (Lipinski definition) is 7. The molecule has 0 saturated heterocycles. The molecule has 32 heavy (non-hydrogen) atoms. The molecule has 4 aromatic rings. The lowest BCUT2D eigenvalue weighted by molar-refractivity contribution is -0.122. The van der Waals surface area contributed by atoms with Crippen LogP contribution in [0.4, 0.5) is 0 Å². The van der Waals surface area contributed by atoms with Crippen molar-refractivity contribution in [1.29, 1.82) is 0 Å². The number of carbonyl (C=O) groups is 1. The van der Waals surface area contributed by atoms with E-state index in [4.69, 9.17) is 4.74 Å². The van der Waals surface area contributed by atoms with E-state index in [9.17, 15) is 9.59 Å². The third-order valence-corrected chi connectivity index (χ3v) is 4.66. The zero-order valence-corrected chi connectivity index (χ0v) is 17.6. The lowest BCUT2D eigenvalue weighted by Crippen LogP contribution is -2.24. The summed E-state index contributed by atoms with van der Waals surface area (Å²) in [4.78, 5) is 32.3. The van der Waals surface area contributed by atoms with Crippen molar-refractivity contribution in [2.75, 3.05) is 13.7 Å². The highest BCUT2D eigenvalue weighted by molar-refractivity contribution is 5.77. The number of ether oxygens (including phenoxy) is 1. The molecule has 0 saturated carbocycles. The topological polar surface area (TPSA) is 117 Å². The fourth-order valence-electron chi connectivity index (χ4n) is 3.01. The Bertz CT molecular complexity index is 1300. The summed E-state index contributed by atoms with van der Waals surface area (Å²) < 4.78 is 8.43. The first-order valence-corrected chi connectivity index (χ1v) is 9.84. The second-order valence-corrected chi connectivity index (χ2v) is 7.02. The maximum Gasteiger partial charge on any atom is 0.267 e. The van der Waals surface area contributed by atoms with Crippen molar-refractivity contribution in [3.63, 3.8) is 0 Å². The molecule has 3 heterocycles. The summed E-state index contributed by atoms with van der Waals surface area (Å²) in [5.74, 6) is 0.665. The van der Waals surface area contributed by atoms with Crippen molar-refractivity contribution in [3.05, 3.63) is 77.1 Å². The summed E-state index contributed by atoms with van der Waals surface area (Å²) in [5.41, 5.74) is 2.98. The molecule has 0 fully saturated rings. The maximum atomic E-state index is 12.3. The number of benzene rings is 1. The smallest absolute Gasteiger partial charge is 0.267 e. The van der Waals surface area contributed by atoms with E-state index in [2.05, 4.69) is 25.5 Å². The van der Waals surface area contributed by atoms with Gasteiger partial charge in [-0.3, -0.25) is 14.3 Å². The van der Waals surface area contributed by atoms with Crippen molar-refractivity contribution in [2.24, 2.45) is 7.05 Å². The largest absolute Gasteiger partial charge is 0.481 e. The Morgan fingerprint density at radius 1 is 1.09 bits per heavy atom. The van der Waals surface area contributed by atoms with Gasteiger partial charge in [0.1, 0.15) is 0 Å². The monoisotopic (exact) mass is 431 g/mol. The predicted molar refractivity (Wildman–Crippen MR) is 117 cm³/mol. The highest BCUT2D eigenvalue weighted by atomic mass is 16.5. The van der Waals surface area contributed by atoms with Gasteiger partial charge in [-0.1, -0.05) is 18.2 Å². The first-order valence-electron chi connectivity index (χ1n) is 9.84. The Labute approximate surface area is 183 Å². The minimum absolute atomic E-state index is 0.103. The lowest BCUT2D eigenvalue weighted by Gasteiger charge is -2.08. The minimum atomic E-state index is -0.238. The summed E-state index contributed by atoms with van der Waals surface area (Å²) >= 11 is 0. The van der Waals surface area contributed by atoms with Crippen LogP contribution in [0.1, 0.15) is 5.56 Å². The summed E-state index contributed by atoms with van der Waals surface area (Å²) in [6, 6.07) is 10.8. The Kier molecular flexibility index (Phi) is 6.02. The van der Waals surface area contributed by atoms with Gasteiger partial charge in [0.25, 0.3) is 11.5 Å². The van der Waals surface area contributed by atoms with Crippen molar-refractivity contribution in [3.8, 4) is 28.4 Å². The molecule has 10 heteroatoms. The van der Waals surface area contributed by atoms with Gasteiger partial charge in [-0.15, -0.1) is 0 Å². The first-order chi connectivity index (χ1) is 15.5. The summed E-state index contributed by atoms with van der Waals surface area (Å²) in [5, 5.41) is 11.1. The van der Waals surface area contributed by atoms with Gasteiger partial charge < -0.3 is 10.1 Å². The van der Waals surface area contributed by atoms with E-state index < -0.39 is 0 Å². The summed E-state index contributed by atoms with van der Waals surface area (Å²) in [7, 11) is 3.37. The minimum Gasteiger partial charge on any atom is -0.481 e. The Hall–Kier alpha value is -4.34. The van der Waals surface area contributed by atoms with Crippen molar-refractivity contribution >= 4 is 5.91 Å². The Balaban J connectivity index is 1.52. The van der Waals surface area contributed by atoms with E-state index in [-0.39, 0.29) is 18.1 Å². The molecule has 0 aliphatic rings. The molecule has 4 rings (SSSR count). The first kappa shape index (κ1) is 20.9. The molecule has 0 unspecified atom stereocenters. The van der Waals surface area contributed by atoms with Crippen molar-refractivity contribution in [2.45, 2.75) is 6.54 Å². The van der Waals surface area contributed by atoms with Gasteiger partial charge in [0.05, 0.1) is 30.8 Å². The van der Waals surface area contributed by atoms with Crippen LogP contribution >= 0.6 is 0 Å². The van der Waals surface area contributed by atoms with Gasteiger partial charge in [0.15, 0.2) is 18.2 Å². The fraction of sp³-hybridized carbons (Fsp3) is 0.182. The van der Waals surface area contributed by atoms with Crippen molar-refractivity contribution in [1.82, 2.24) is 34.8 Å². The lowest BCUT2D eigenvalue weighted by atomic mass is 10.1. The van der Waals surface area contributed by atoms with Gasteiger partial charge >= 0.3 is 0 Å². The number of hydrogen-bond donors (Lipinski definition) is 1. The molecule has 0 spiro atoms. The number of aromatic nitrogens is 6. The molecule has 1 N–H and O–H groups in total. The van der Waals surface area contributed by atoms with Gasteiger partial charge in [-0.2, -0.15) is 10.2 Å². The van der Waals surface area contributed by atoms with Crippen LogP contribution in [0.2, 0.25) is 0 Å². The standard InChI is InChI=1S/C22H21N7O3/c1-23-20(30)14-32-18-10-24-22(25-11-18)16-5-3-4-15(8-16)12-29-21(31)7-6-19(27-29)17-9-26-28(2)13-17/h3-11,13H,12,14H2,1-2H3,(H,23,30). The normalized spacial score (nSPS) is 10.7. The van der Waals surface area contributed by atoms with E-state index >= 15 is 0 Å². The molecule has 0 aliphatic heterocycles. The van der Waals surface area contributed by atoms with Gasteiger partial charge in [0.2, 0.25) is 0 Å². The van der Waals surface area contributed by atoms with Crippen LogP contribution < -0.4 is 15.6 Å². The van der Waals surface area contributed by atoms with Gasteiger partial charge in [-0.25, -0.2) is 14.6 Å². The molecule has 0 aliphatic carbocycles. The number of carbonyl (C=O) groups excluding carboxylic acids is 1. The van der Waals surface area contributed by atoms with E-state index in [1.165, 1.54) is 30.2 Å². The maximum absolute atomic E-state index is 12.3. The quantitative estimate of drug-likeness (QED) is 0.468. The molecule has 162 valence electrons. The second kappa shape index (κ2) is 9.21. The number of amides is 1. The van der Waals surface area contributed by atoms with E-state index in [1.54, 1.807) is 16.9 Å². The molecule has 0 bridgehead atoms. The van der Waals surface area contributed by atoms with Crippen LogP contribution in [0.3, 0.4) is 0 Å². The third-order valence-electron chi connectivity index (χ3n) is 4.66. The molecular weight excluding hydrogens is 410 g/mol. The molecule has 1 aromatic carbocycles. The number of likely N-dealkylation sites (N-methyl/N-ethyl adjacent to an activating group) is 1. The van der Waals surface area contributed by atoms with Gasteiger partial charge in [-0.05, 0) is 17.7 Å². The van der Waals surface area contributed by atoms with Crippen molar-refractivity contribution < 1.29 is 9.53 Å². The van der Waals surface area contributed by atoms with Crippen LogP contribution in [0, 0.1) is 0 Å². The number of nitrogens with one attached hydrogen (secondary N) is 1. The van der Waals surface area contributed by atoms with Crippen LogP contribution in [0.25, 0.3) is 22.6 Å². The molecule has 0 atom stereocenters. The highest BCUT2D eigenvalue weighted by Crippen LogP contribution is 2.19. The molecular formula is C22H21N7O3. The molecule has 1 amide bonds. The molecule has 3 aromatic heterocycles. The Morgan fingerprint density at radius 2 is 1.91 bits per heavy atom. The van der Waals surface area contributed by atoms with Crippen LogP contribution in [0.15, 0.2) is 66.0 Å². The SMILES string of the molecule is CNC(=O)COc1cnc(-c2cccc(Cn3nc(-c4cnn(C)c4)ccc3=O)c2)nc1. The number of aryl methyl sites for hydroxylation is 1. The van der Waals surface area contributed by atoms with E-state index in [1.807, 2.05) is 37.5 Å². The molecule has 0 radical (unpaired) electrons. The van der Waals surface area contributed by atoms with E-state index in [0.29, 0.717) is 23.8 Å². The molecule has 10 nitrogen and oxygen atoms in total. The second-order valence-electron chi connectivity index (χ2n) is 7.02. The predicted octanol–water partition coefficient (Wildman–Crippen LogP) is 1.27. The zero-order valence-electron chi connectivity index (χ0n) is 17.6. The third kappa shape index (κ3) is 4.86. The zero-order chi connectivity index (χ0) is 22.5. The van der Waals surface area contributed by atoms with Crippen LogP contribution in [-0.2, 0) is 18.4 Å². The van der Waals surface area contributed by atoms with E-state index in [0.717, 1.165) is 16.7 Å². The average Bonchev–Trinajstić information content (AvgIpc) is 3.25. The summed E-state index contributed by atoms with van der Waals surface area (Å²) in [6.07, 6.45) is 6.58. The fourth-order valence-corrected chi connectivity index (χ4v) is 3.01. The number of rotatable bonds is 7. The highest BCUT2D eigenvalue weighted by Gasteiger charge is 2.08. The summed E-state index contributed by atoms with van der Waals surface area (Å²) in [6.45, 7) is 0.197. The van der Waals surface area contributed by atoms with Crippen LogP contribution in [0.5, 0.6) is 5.75 Å². The Morgan fingerprint density at radius 3 is 2.62 bits per heavy atom. The average molecular weight is 431 g/mol. The number of nitrogens with zero attached hydrogens (tertiary/aromatic N) is 6.